The van der Waals surface area contributed by atoms with Gasteiger partial charge in [0.15, 0.2) is 5.82 Å². The zero-order valence-electron chi connectivity index (χ0n) is 17.4. The average molecular weight is 399 g/mol. The van der Waals surface area contributed by atoms with Gasteiger partial charge < -0.3 is 0 Å². The third-order valence-electron chi connectivity index (χ3n) is 5.36. The highest BCUT2D eigenvalue weighted by molar-refractivity contribution is 5.74. The molecule has 0 spiro atoms. The van der Waals surface area contributed by atoms with Crippen LogP contribution >= 0.6 is 0 Å². The fraction of sp³-hybridized carbons (Fsp3) is 0.0345. The van der Waals surface area contributed by atoms with Crippen LogP contribution in [0.15, 0.2) is 115 Å². The van der Waals surface area contributed by atoms with Crippen LogP contribution in [0.5, 0.6) is 0 Å². The number of rotatable bonds is 4. The van der Waals surface area contributed by atoms with Gasteiger partial charge in [0.1, 0.15) is 0 Å². The van der Waals surface area contributed by atoms with Gasteiger partial charge in [0.2, 0.25) is 0 Å². The molecule has 0 saturated carbocycles. The van der Waals surface area contributed by atoms with Gasteiger partial charge in [-0.1, -0.05) is 109 Å². The molecule has 0 N–H and O–H groups in total. The highest BCUT2D eigenvalue weighted by Gasteiger charge is 2.11. The lowest BCUT2D eigenvalue weighted by Gasteiger charge is -2.10. The number of aryl methyl sites for hydroxylation is 1. The molecule has 5 aromatic rings. The molecule has 5 rings (SSSR count). The van der Waals surface area contributed by atoms with Crippen LogP contribution < -0.4 is 0 Å². The van der Waals surface area contributed by atoms with Crippen molar-refractivity contribution in [2.45, 2.75) is 6.92 Å². The molecule has 0 atom stereocenters. The molecule has 2 heteroatoms. The van der Waals surface area contributed by atoms with E-state index in [9.17, 15) is 0 Å². The van der Waals surface area contributed by atoms with Gasteiger partial charge >= 0.3 is 0 Å². The highest BCUT2D eigenvalue weighted by Crippen LogP contribution is 2.29. The van der Waals surface area contributed by atoms with Crippen molar-refractivity contribution in [1.82, 2.24) is 9.97 Å². The fourth-order valence-electron chi connectivity index (χ4n) is 3.73. The minimum absolute atomic E-state index is 0.738. The summed E-state index contributed by atoms with van der Waals surface area (Å²) in [6.45, 7) is 2.10. The van der Waals surface area contributed by atoms with Gasteiger partial charge in [0.05, 0.1) is 11.4 Å². The van der Waals surface area contributed by atoms with Crippen molar-refractivity contribution >= 4 is 0 Å². The van der Waals surface area contributed by atoms with Gasteiger partial charge in [-0.05, 0) is 30.2 Å². The van der Waals surface area contributed by atoms with E-state index in [4.69, 9.17) is 9.97 Å². The van der Waals surface area contributed by atoms with Crippen LogP contribution in [-0.2, 0) is 0 Å². The first-order chi connectivity index (χ1) is 15.3. The number of hydrogen-bond acceptors (Lipinski definition) is 2. The number of nitrogens with zero attached hydrogens (tertiary/aromatic N) is 2. The van der Waals surface area contributed by atoms with Gasteiger partial charge in [0.25, 0.3) is 0 Å². The third kappa shape index (κ3) is 4.15. The van der Waals surface area contributed by atoms with E-state index in [-0.39, 0.29) is 0 Å². The largest absolute Gasteiger partial charge is 0.228 e. The lowest BCUT2D eigenvalue weighted by molar-refractivity contribution is 1.18. The predicted molar refractivity (Wildman–Crippen MR) is 129 cm³/mol. The first-order valence-electron chi connectivity index (χ1n) is 10.4. The molecule has 1 heterocycles. The van der Waals surface area contributed by atoms with Crippen LogP contribution in [0.3, 0.4) is 0 Å². The van der Waals surface area contributed by atoms with Crippen molar-refractivity contribution in [3.63, 3.8) is 0 Å². The second-order valence-corrected chi connectivity index (χ2v) is 7.64. The zero-order valence-corrected chi connectivity index (χ0v) is 17.4. The van der Waals surface area contributed by atoms with E-state index >= 15 is 0 Å². The van der Waals surface area contributed by atoms with Crippen LogP contribution in [0.25, 0.3) is 45.0 Å². The van der Waals surface area contributed by atoms with E-state index in [1.165, 1.54) is 16.7 Å². The Balaban J connectivity index is 1.61. The zero-order chi connectivity index (χ0) is 21.0. The molecule has 0 aliphatic carbocycles. The summed E-state index contributed by atoms with van der Waals surface area (Å²) in [5, 5.41) is 0. The van der Waals surface area contributed by atoms with Crippen LogP contribution in [0.4, 0.5) is 0 Å². The van der Waals surface area contributed by atoms with Crippen molar-refractivity contribution in [2.24, 2.45) is 0 Å². The molecule has 0 fully saturated rings. The molecule has 0 aliphatic heterocycles. The maximum atomic E-state index is 4.91. The molecule has 2 nitrogen and oxygen atoms in total. The molecular formula is C29H22N2. The average Bonchev–Trinajstić information content (AvgIpc) is 2.85. The van der Waals surface area contributed by atoms with E-state index in [0.717, 1.165) is 33.9 Å². The first kappa shape index (κ1) is 19.0. The van der Waals surface area contributed by atoms with Crippen LogP contribution in [-0.4, -0.2) is 9.97 Å². The molecule has 0 bridgehead atoms. The van der Waals surface area contributed by atoms with Gasteiger partial charge in [0, 0.05) is 16.7 Å². The molecular weight excluding hydrogens is 376 g/mol. The summed E-state index contributed by atoms with van der Waals surface area (Å²) in [7, 11) is 0. The Morgan fingerprint density at radius 3 is 1.58 bits per heavy atom. The lowest BCUT2D eigenvalue weighted by atomic mass is 10.0. The lowest BCUT2D eigenvalue weighted by Crippen LogP contribution is -1.96. The van der Waals surface area contributed by atoms with Crippen molar-refractivity contribution < 1.29 is 0 Å². The predicted octanol–water partition coefficient (Wildman–Crippen LogP) is 7.45. The van der Waals surface area contributed by atoms with Crippen LogP contribution in [0, 0.1) is 6.92 Å². The first-order valence-corrected chi connectivity index (χ1v) is 10.4. The molecule has 1 aromatic heterocycles. The van der Waals surface area contributed by atoms with Crippen molar-refractivity contribution in [2.75, 3.05) is 0 Å². The Hall–Kier alpha value is -4.04. The molecule has 0 radical (unpaired) electrons. The molecule has 148 valence electrons. The molecule has 31 heavy (non-hydrogen) atoms. The summed E-state index contributed by atoms with van der Waals surface area (Å²) in [5.74, 6) is 0.738. The third-order valence-corrected chi connectivity index (χ3v) is 5.36. The van der Waals surface area contributed by atoms with Crippen molar-refractivity contribution in [3.8, 4) is 45.0 Å². The topological polar surface area (TPSA) is 25.8 Å². The van der Waals surface area contributed by atoms with Gasteiger partial charge in [-0.3, -0.25) is 0 Å². The van der Waals surface area contributed by atoms with Crippen molar-refractivity contribution in [1.29, 1.82) is 0 Å². The summed E-state index contributed by atoms with van der Waals surface area (Å²) in [6, 6.07) is 39.7. The van der Waals surface area contributed by atoms with Gasteiger partial charge in [-0.25, -0.2) is 9.97 Å². The molecule has 0 saturated heterocycles. The Bertz CT molecular complexity index is 1310. The Kier molecular flexibility index (Phi) is 5.12. The summed E-state index contributed by atoms with van der Waals surface area (Å²) in [5.41, 5.74) is 8.66. The van der Waals surface area contributed by atoms with Gasteiger partial charge in [-0.2, -0.15) is 0 Å². The SMILES string of the molecule is Cc1cccc(-c2cc(-c3ccc(-c4ccccc4)cc3)nc(-c3ccccc3)n2)c1. The van der Waals surface area contributed by atoms with E-state index in [0.29, 0.717) is 0 Å². The maximum Gasteiger partial charge on any atom is 0.160 e. The standard InChI is InChI=1S/C29H22N2/c1-21-9-8-14-26(19-21)28-20-27(30-29(31-28)25-12-6-3-7-13-25)24-17-15-23(16-18-24)22-10-4-2-5-11-22/h2-20H,1H3. The fourth-order valence-corrected chi connectivity index (χ4v) is 3.73. The van der Waals surface area contributed by atoms with Crippen LogP contribution in [0.1, 0.15) is 5.56 Å². The number of hydrogen-bond donors (Lipinski definition) is 0. The second-order valence-electron chi connectivity index (χ2n) is 7.64. The second kappa shape index (κ2) is 8.37. The Morgan fingerprint density at radius 1 is 0.419 bits per heavy atom. The minimum atomic E-state index is 0.738. The summed E-state index contributed by atoms with van der Waals surface area (Å²) < 4.78 is 0. The summed E-state index contributed by atoms with van der Waals surface area (Å²) in [6.07, 6.45) is 0. The van der Waals surface area contributed by atoms with E-state index in [2.05, 4.69) is 97.9 Å². The van der Waals surface area contributed by atoms with Crippen LogP contribution in [0.2, 0.25) is 0 Å². The quantitative estimate of drug-likeness (QED) is 0.314. The van der Waals surface area contributed by atoms with E-state index in [1.54, 1.807) is 0 Å². The number of aromatic nitrogens is 2. The summed E-state index contributed by atoms with van der Waals surface area (Å²) in [4.78, 5) is 9.81. The smallest absolute Gasteiger partial charge is 0.160 e. The number of benzene rings is 4. The highest BCUT2D eigenvalue weighted by atomic mass is 14.9. The van der Waals surface area contributed by atoms with E-state index in [1.807, 2.05) is 24.3 Å². The monoisotopic (exact) mass is 398 g/mol. The minimum Gasteiger partial charge on any atom is -0.228 e. The maximum absolute atomic E-state index is 4.91. The molecule has 0 amide bonds. The Morgan fingerprint density at radius 2 is 0.935 bits per heavy atom. The molecule has 0 aliphatic rings. The van der Waals surface area contributed by atoms with E-state index < -0.39 is 0 Å². The van der Waals surface area contributed by atoms with Crippen molar-refractivity contribution in [3.05, 3.63) is 121 Å². The summed E-state index contributed by atoms with van der Waals surface area (Å²) >= 11 is 0. The molecule has 4 aromatic carbocycles. The molecule has 0 unspecified atom stereocenters. The normalized spacial score (nSPS) is 10.7. The Labute approximate surface area is 182 Å². The van der Waals surface area contributed by atoms with Gasteiger partial charge in [-0.15, -0.1) is 0 Å².